The summed E-state index contributed by atoms with van der Waals surface area (Å²) in [5.74, 6) is -0.919. The molecular weight excluding hydrogens is 602 g/mol. The molecule has 1 aromatic heterocycles. The molecule has 1 fully saturated rings. The Kier molecular flexibility index (Phi) is 11.3. The predicted molar refractivity (Wildman–Crippen MR) is 157 cm³/mol. The summed E-state index contributed by atoms with van der Waals surface area (Å²) in [6, 6.07) is 6.74. The quantitative estimate of drug-likeness (QED) is 0.112. The third-order valence-corrected chi connectivity index (χ3v) is 7.66. The first-order valence-corrected chi connectivity index (χ1v) is 14.8. The summed E-state index contributed by atoms with van der Waals surface area (Å²) in [7, 11) is 0. The zero-order valence-corrected chi connectivity index (χ0v) is 24.8. The van der Waals surface area contributed by atoms with E-state index in [9.17, 15) is 36.2 Å². The number of carboxylic acids is 1. The van der Waals surface area contributed by atoms with Gasteiger partial charge in [-0.2, -0.15) is 31.4 Å². The second kappa shape index (κ2) is 14.9. The van der Waals surface area contributed by atoms with E-state index < -0.39 is 42.2 Å². The van der Waals surface area contributed by atoms with Gasteiger partial charge in [-0.05, 0) is 56.3 Å². The van der Waals surface area contributed by atoms with Gasteiger partial charge in [0.1, 0.15) is 11.3 Å². The minimum Gasteiger partial charge on any atom is -0.493 e. The number of aromatic carboxylic acids is 1. The van der Waals surface area contributed by atoms with Gasteiger partial charge in [-0.1, -0.05) is 55.5 Å². The van der Waals surface area contributed by atoms with Crippen LogP contribution in [0.5, 0.6) is 5.75 Å². The van der Waals surface area contributed by atoms with Gasteiger partial charge in [-0.25, -0.2) is 4.79 Å². The number of nitrogens with zero attached hydrogens (tertiary/aromatic N) is 4. The number of para-hydroxylation sites is 1. The molecule has 45 heavy (non-hydrogen) atoms. The highest BCUT2D eigenvalue weighted by molar-refractivity contribution is 5.90. The van der Waals surface area contributed by atoms with Crippen molar-refractivity contribution >= 4 is 11.7 Å². The molecule has 1 saturated heterocycles. The molecule has 3 heterocycles. The standard InChI is InChI=1S/C32H36F6N4O3/c1-2-8-22(23-14-16-41(17-15-23)21-31(33,34)35)9-5-6-18-45-28-13-4-3-11-25(28)27-12-7-10-24(40-27)20-42-29(32(36,37)38)26(19-39-42)30(43)44/h3-5,7-9,11-13,19,23,27H,2,6,10,14-18,20-21H2,1H3,(H,43,44). The number of ether oxygens (including phenoxy) is 1. The Morgan fingerprint density at radius 2 is 1.87 bits per heavy atom. The van der Waals surface area contributed by atoms with Gasteiger partial charge < -0.3 is 9.84 Å². The van der Waals surface area contributed by atoms with Crippen LogP contribution in [0.1, 0.15) is 66.7 Å². The van der Waals surface area contributed by atoms with Crippen LogP contribution in [-0.4, -0.2) is 63.9 Å². The largest absolute Gasteiger partial charge is 0.493 e. The number of aliphatic imine (C=N–C) groups is 1. The maximum Gasteiger partial charge on any atom is 0.433 e. The summed E-state index contributed by atoms with van der Waals surface area (Å²) in [6.07, 6.45) is 4.44. The summed E-state index contributed by atoms with van der Waals surface area (Å²) in [6.45, 7) is 2.01. The van der Waals surface area contributed by atoms with E-state index in [1.807, 2.05) is 43.4 Å². The Labute approximate surface area is 257 Å². The lowest BCUT2D eigenvalue weighted by molar-refractivity contribution is -0.148. The van der Waals surface area contributed by atoms with Crippen LogP contribution in [0, 0.1) is 5.92 Å². The average Bonchev–Trinajstić information content (AvgIpc) is 3.41. The third-order valence-electron chi connectivity index (χ3n) is 7.66. The Bertz CT molecular complexity index is 1430. The van der Waals surface area contributed by atoms with Gasteiger partial charge in [-0.15, -0.1) is 0 Å². The Hall–Kier alpha value is -3.87. The Morgan fingerprint density at radius 3 is 2.53 bits per heavy atom. The van der Waals surface area contributed by atoms with Crippen LogP contribution in [0.4, 0.5) is 26.3 Å². The fraction of sp³-hybridized carbons (Fsp3) is 0.469. The van der Waals surface area contributed by atoms with E-state index in [1.54, 1.807) is 12.1 Å². The maximum atomic E-state index is 13.6. The number of likely N-dealkylation sites (tertiary alicyclic amines) is 1. The summed E-state index contributed by atoms with van der Waals surface area (Å²) >= 11 is 0. The van der Waals surface area contributed by atoms with Crippen molar-refractivity contribution in [1.29, 1.82) is 0 Å². The molecule has 0 bridgehead atoms. The van der Waals surface area contributed by atoms with Crippen molar-refractivity contribution in [2.75, 3.05) is 26.2 Å². The van der Waals surface area contributed by atoms with Crippen molar-refractivity contribution in [1.82, 2.24) is 14.7 Å². The molecule has 2 aromatic rings. The third kappa shape index (κ3) is 9.56. The van der Waals surface area contributed by atoms with Crippen LogP contribution in [0.15, 0.2) is 71.4 Å². The number of alkyl halides is 6. The van der Waals surface area contributed by atoms with Crippen molar-refractivity contribution in [2.45, 2.75) is 64.0 Å². The Balaban J connectivity index is 1.36. The lowest BCUT2D eigenvalue weighted by Crippen LogP contribution is -2.40. The van der Waals surface area contributed by atoms with Crippen molar-refractivity contribution in [3.05, 3.63) is 83.2 Å². The van der Waals surface area contributed by atoms with Gasteiger partial charge in [0.15, 0.2) is 5.69 Å². The van der Waals surface area contributed by atoms with Crippen LogP contribution in [0.3, 0.4) is 0 Å². The molecule has 1 unspecified atom stereocenters. The normalized spacial score (nSPS) is 18.9. The number of hydrogen-bond acceptors (Lipinski definition) is 5. The highest BCUT2D eigenvalue weighted by Crippen LogP contribution is 2.34. The lowest BCUT2D eigenvalue weighted by atomic mass is 9.88. The summed E-state index contributed by atoms with van der Waals surface area (Å²) in [4.78, 5) is 17.4. The zero-order valence-electron chi connectivity index (χ0n) is 24.8. The minimum absolute atomic E-state index is 0.210. The van der Waals surface area contributed by atoms with Crippen molar-refractivity contribution in [2.24, 2.45) is 10.9 Å². The van der Waals surface area contributed by atoms with Crippen LogP contribution >= 0.6 is 0 Å². The van der Waals surface area contributed by atoms with Crippen LogP contribution in [0.2, 0.25) is 0 Å². The predicted octanol–water partition coefficient (Wildman–Crippen LogP) is 7.68. The van der Waals surface area contributed by atoms with E-state index in [-0.39, 0.29) is 12.5 Å². The number of hydrogen-bond donors (Lipinski definition) is 1. The summed E-state index contributed by atoms with van der Waals surface area (Å²) in [5, 5.41) is 12.8. The Morgan fingerprint density at radius 1 is 1.13 bits per heavy atom. The molecule has 2 aliphatic heterocycles. The molecule has 2 aliphatic rings. The van der Waals surface area contributed by atoms with Gasteiger partial charge in [0.25, 0.3) is 0 Å². The first kappa shape index (κ1) is 34.0. The molecule has 4 rings (SSSR count). The van der Waals surface area contributed by atoms with E-state index in [4.69, 9.17) is 4.74 Å². The van der Waals surface area contributed by atoms with Crippen molar-refractivity contribution in [3.63, 3.8) is 0 Å². The topological polar surface area (TPSA) is 80.0 Å². The molecule has 1 N–H and O–H groups in total. The number of carbonyl (C=O) groups is 1. The van der Waals surface area contributed by atoms with Gasteiger partial charge in [-0.3, -0.25) is 14.6 Å². The number of halogens is 6. The summed E-state index contributed by atoms with van der Waals surface area (Å²) in [5.41, 5.74) is 0.0204. The van der Waals surface area contributed by atoms with E-state index in [0.29, 0.717) is 67.7 Å². The number of rotatable bonds is 12. The second-order valence-electron chi connectivity index (χ2n) is 11.0. The first-order valence-electron chi connectivity index (χ1n) is 14.8. The SMILES string of the molecule is CCC=C(C=CCCOc1ccccc1C1C=CCC(Cn2ncc(C(=O)O)c2C(F)(F)F)=N1)C1CCN(CC(F)(F)F)CC1. The van der Waals surface area contributed by atoms with Crippen LogP contribution < -0.4 is 4.74 Å². The number of dihydropyridines is 1. The number of carboxylic acid groups (broad SMARTS) is 1. The molecule has 1 atom stereocenters. The number of piperidine rings is 1. The molecule has 1 aromatic carbocycles. The van der Waals surface area contributed by atoms with E-state index in [0.717, 1.165) is 17.6 Å². The molecule has 7 nitrogen and oxygen atoms in total. The summed E-state index contributed by atoms with van der Waals surface area (Å²) < 4.78 is 85.8. The maximum absolute atomic E-state index is 13.6. The molecule has 0 saturated carbocycles. The van der Waals surface area contributed by atoms with Crippen LogP contribution in [-0.2, 0) is 12.7 Å². The van der Waals surface area contributed by atoms with Crippen molar-refractivity contribution < 1.29 is 41.0 Å². The fourth-order valence-electron chi connectivity index (χ4n) is 5.63. The van der Waals surface area contributed by atoms with Gasteiger partial charge in [0.05, 0.1) is 31.9 Å². The average molecular weight is 639 g/mol. The molecule has 0 aliphatic carbocycles. The smallest absolute Gasteiger partial charge is 0.433 e. The number of aromatic nitrogens is 2. The van der Waals surface area contributed by atoms with E-state index in [2.05, 4.69) is 16.2 Å². The molecule has 13 heteroatoms. The van der Waals surface area contributed by atoms with Gasteiger partial charge >= 0.3 is 18.3 Å². The van der Waals surface area contributed by atoms with Gasteiger partial charge in [0, 0.05) is 17.7 Å². The first-order chi connectivity index (χ1) is 21.4. The molecular formula is C32H36F6N4O3. The molecule has 0 amide bonds. The van der Waals surface area contributed by atoms with E-state index in [1.165, 1.54) is 4.90 Å². The molecule has 0 radical (unpaired) electrons. The minimum atomic E-state index is -4.90. The molecule has 0 spiro atoms. The lowest BCUT2D eigenvalue weighted by Gasteiger charge is -2.33. The van der Waals surface area contributed by atoms with E-state index >= 15 is 0 Å². The zero-order chi connectivity index (χ0) is 32.6. The van der Waals surface area contributed by atoms with Gasteiger partial charge in [0.2, 0.25) is 0 Å². The number of allylic oxidation sites excluding steroid dienone is 4. The second-order valence-corrected chi connectivity index (χ2v) is 11.0. The highest BCUT2D eigenvalue weighted by Gasteiger charge is 2.40. The highest BCUT2D eigenvalue weighted by atomic mass is 19.4. The number of benzene rings is 1. The fourth-order valence-corrected chi connectivity index (χ4v) is 5.63. The monoisotopic (exact) mass is 638 g/mol. The van der Waals surface area contributed by atoms with Crippen molar-refractivity contribution in [3.8, 4) is 5.75 Å². The molecule has 244 valence electrons. The van der Waals surface area contributed by atoms with Crippen LogP contribution in [0.25, 0.3) is 0 Å².